The van der Waals surface area contributed by atoms with Crippen LogP contribution in [0, 0.1) is 0 Å². The van der Waals surface area contributed by atoms with E-state index in [2.05, 4.69) is 27.5 Å². The fourth-order valence-electron chi connectivity index (χ4n) is 3.67. The molecule has 0 N–H and O–H groups in total. The Hall–Kier alpha value is -3.54. The van der Waals surface area contributed by atoms with E-state index >= 15 is 0 Å². The summed E-state index contributed by atoms with van der Waals surface area (Å²) < 4.78 is 56.8. The van der Waals surface area contributed by atoms with E-state index in [-0.39, 0.29) is 6.61 Å². The van der Waals surface area contributed by atoms with Crippen LogP contribution in [0.25, 0.3) is 17.2 Å². The summed E-state index contributed by atoms with van der Waals surface area (Å²) in [7, 11) is -1.09. The Morgan fingerprint density at radius 1 is 1.06 bits per heavy atom. The van der Waals surface area contributed by atoms with Gasteiger partial charge in [0.15, 0.2) is 5.75 Å². The van der Waals surface area contributed by atoms with Crippen molar-refractivity contribution in [1.82, 2.24) is 0 Å². The fraction of sp³-hybridized carbons (Fsp3) is 0.320. The van der Waals surface area contributed by atoms with E-state index in [0.717, 1.165) is 58.9 Å². The lowest BCUT2D eigenvalue weighted by Gasteiger charge is -2.15. The van der Waals surface area contributed by atoms with Crippen molar-refractivity contribution in [1.29, 1.82) is 0 Å². The first-order valence-electron chi connectivity index (χ1n) is 11.4. The van der Waals surface area contributed by atoms with Gasteiger partial charge >= 0.3 is 5.89 Å². The summed E-state index contributed by atoms with van der Waals surface area (Å²) in [6.45, 7) is 7.10. The van der Waals surface area contributed by atoms with Crippen LogP contribution in [0.4, 0.5) is 5.69 Å². The van der Waals surface area contributed by atoms with Crippen LogP contribution >= 0.6 is 0 Å². The van der Waals surface area contributed by atoms with E-state index < -0.39 is 10.4 Å². The number of ether oxygens (including phenoxy) is 3. The highest BCUT2D eigenvalue weighted by Gasteiger charge is 2.25. The summed E-state index contributed by atoms with van der Waals surface area (Å²) in [5.41, 5.74) is 2.84. The van der Waals surface area contributed by atoms with Crippen LogP contribution in [0.3, 0.4) is 0 Å². The van der Waals surface area contributed by atoms with Gasteiger partial charge in [-0.2, -0.15) is 4.57 Å². The lowest BCUT2D eigenvalue weighted by atomic mass is 10.2. The predicted molar refractivity (Wildman–Crippen MR) is 134 cm³/mol. The normalized spacial score (nSPS) is 14.1. The van der Waals surface area contributed by atoms with E-state index in [1.54, 1.807) is 14.2 Å². The Morgan fingerprint density at radius 2 is 1.75 bits per heavy atom. The molecule has 11 heteroatoms. The minimum absolute atomic E-state index is 0.0914. The third-order valence-corrected chi connectivity index (χ3v) is 5.77. The summed E-state index contributed by atoms with van der Waals surface area (Å²) in [5, 5.41) is 0. The number of methoxy groups -OCH3 is 2. The second-order valence-corrected chi connectivity index (χ2v) is 8.43. The van der Waals surface area contributed by atoms with Gasteiger partial charge in [-0.3, -0.25) is 4.18 Å². The van der Waals surface area contributed by atoms with Gasteiger partial charge in [-0.1, -0.05) is 0 Å². The Bertz CT molecular complexity index is 1360. The molecule has 0 fully saturated rings. The van der Waals surface area contributed by atoms with Crippen molar-refractivity contribution >= 4 is 33.3 Å². The second kappa shape index (κ2) is 11.9. The third kappa shape index (κ3) is 6.36. The van der Waals surface area contributed by atoms with Crippen molar-refractivity contribution in [3.8, 4) is 17.2 Å². The van der Waals surface area contributed by atoms with Crippen molar-refractivity contribution in [2.45, 2.75) is 27.3 Å². The monoisotopic (exact) mass is 518 g/mol. The zero-order valence-electron chi connectivity index (χ0n) is 20.9. The first-order chi connectivity index (χ1) is 17.2. The molecule has 194 valence electrons. The molecule has 36 heavy (non-hydrogen) atoms. The first-order valence-corrected chi connectivity index (χ1v) is 12.7. The van der Waals surface area contributed by atoms with E-state index in [4.69, 9.17) is 18.6 Å². The Morgan fingerprint density at radius 3 is 2.33 bits per heavy atom. The average molecular weight is 519 g/mol. The van der Waals surface area contributed by atoms with Gasteiger partial charge in [0.2, 0.25) is 21.9 Å². The lowest BCUT2D eigenvalue weighted by molar-refractivity contribution is -0.674. The molecule has 0 saturated carbocycles. The van der Waals surface area contributed by atoms with Crippen LogP contribution in [0.5, 0.6) is 17.2 Å². The molecule has 0 atom stereocenters. The number of nitrogens with zero attached hydrogens (tertiary/aromatic N) is 2. The number of allylic oxidation sites excluding steroid dienone is 2. The van der Waals surface area contributed by atoms with E-state index in [9.17, 15) is 13.0 Å². The molecular formula is C25H30N2O8S. The Labute approximate surface area is 210 Å². The topological polar surface area (TPSA) is 114 Å². The molecule has 0 spiro atoms. The summed E-state index contributed by atoms with van der Waals surface area (Å²) in [6, 6.07) is 11.6. The van der Waals surface area contributed by atoms with Crippen LogP contribution in [-0.2, 0) is 21.1 Å². The van der Waals surface area contributed by atoms with E-state index in [1.807, 2.05) is 54.6 Å². The highest BCUT2D eigenvalue weighted by atomic mass is 32.3. The number of benzene rings is 2. The predicted octanol–water partition coefficient (Wildman–Crippen LogP) is 4.01. The van der Waals surface area contributed by atoms with Crippen molar-refractivity contribution in [2.75, 3.05) is 32.3 Å². The third-order valence-electron chi connectivity index (χ3n) is 5.25. The van der Waals surface area contributed by atoms with Crippen molar-refractivity contribution in [3.63, 3.8) is 0 Å². The van der Waals surface area contributed by atoms with Gasteiger partial charge in [0.1, 0.15) is 18.0 Å². The minimum atomic E-state index is -4.42. The quantitative estimate of drug-likeness (QED) is 0.248. The largest absolute Gasteiger partial charge is 0.726 e. The van der Waals surface area contributed by atoms with Gasteiger partial charge < -0.3 is 28.1 Å². The van der Waals surface area contributed by atoms with Crippen molar-refractivity contribution in [3.05, 3.63) is 60.3 Å². The van der Waals surface area contributed by atoms with Crippen molar-refractivity contribution in [2.24, 2.45) is 0 Å². The molecule has 0 saturated heterocycles. The van der Waals surface area contributed by atoms with Crippen molar-refractivity contribution < 1.29 is 40.3 Å². The molecule has 0 bridgehead atoms. The number of aromatic nitrogens is 1. The molecule has 2 heterocycles. The molecule has 0 amide bonds. The number of hydrogen-bond donors (Lipinski definition) is 0. The van der Waals surface area contributed by atoms with E-state index in [0.29, 0.717) is 0 Å². The van der Waals surface area contributed by atoms with Gasteiger partial charge in [0.05, 0.1) is 38.7 Å². The van der Waals surface area contributed by atoms with Crippen LogP contribution in [0.15, 0.2) is 58.9 Å². The molecule has 4 rings (SSSR count). The van der Waals surface area contributed by atoms with Gasteiger partial charge in [0.25, 0.3) is 5.52 Å². The van der Waals surface area contributed by atoms with Crippen LogP contribution in [-0.4, -0.2) is 40.3 Å². The molecule has 0 aliphatic carbocycles. The van der Waals surface area contributed by atoms with Gasteiger partial charge in [0, 0.05) is 12.6 Å². The minimum Gasteiger partial charge on any atom is -0.726 e. The molecule has 10 nitrogen and oxygen atoms in total. The maximum atomic E-state index is 9.45. The van der Waals surface area contributed by atoms with Gasteiger partial charge in [-0.05, 0) is 57.2 Å². The average Bonchev–Trinajstić information content (AvgIpc) is 3.39. The summed E-state index contributed by atoms with van der Waals surface area (Å²) in [4.78, 5) is 2.11. The number of fused-ring (bicyclic) bond motifs is 2. The number of rotatable bonds is 8. The number of oxazole rings is 1. The first kappa shape index (κ1) is 27.1. The molecule has 1 aromatic heterocycles. The Kier molecular flexibility index (Phi) is 8.97. The highest BCUT2D eigenvalue weighted by Crippen LogP contribution is 2.41. The molecule has 3 aromatic rings. The molecular weight excluding hydrogens is 488 g/mol. The van der Waals surface area contributed by atoms with Crippen LogP contribution in [0.1, 0.15) is 26.7 Å². The molecule has 1 aliphatic rings. The SMILES string of the molecule is CCN1/C(=C/C=C/c2oc3ccc(OC)cc3[n+]2CC)Oc2ccc(OC)cc21.CCOS(=O)(=O)[O-]. The van der Waals surface area contributed by atoms with Crippen LogP contribution < -0.4 is 23.7 Å². The molecule has 2 aromatic carbocycles. The van der Waals surface area contributed by atoms with Gasteiger partial charge in [-0.25, -0.2) is 8.42 Å². The number of aryl methyl sites for hydroxylation is 1. The summed E-state index contributed by atoms with van der Waals surface area (Å²) in [5.74, 6) is 3.99. The maximum Gasteiger partial charge on any atom is 0.374 e. The van der Waals surface area contributed by atoms with E-state index in [1.165, 1.54) is 6.92 Å². The molecule has 1 aliphatic heterocycles. The Balaban J connectivity index is 0.000000454. The van der Waals surface area contributed by atoms with Crippen LogP contribution in [0.2, 0.25) is 0 Å². The summed E-state index contributed by atoms with van der Waals surface area (Å²) >= 11 is 0. The zero-order chi connectivity index (χ0) is 26.3. The smallest absolute Gasteiger partial charge is 0.374 e. The standard InChI is InChI=1S/C23H25N2O4.C2H6O4S/c1-5-24-18-14-16(26-3)10-12-20(18)28-22(24)8-7-9-23-25(6-2)19-15-17(27-4)11-13-21(19)29-23;1-2-6-7(3,4)5/h7-15H,5-6H2,1-4H3;2H2,1H3,(H,3,4,5)/q+1;/p-1. The highest BCUT2D eigenvalue weighted by molar-refractivity contribution is 7.80. The number of anilines is 1. The second-order valence-electron chi connectivity index (χ2n) is 7.38. The zero-order valence-corrected chi connectivity index (χ0v) is 21.7. The summed E-state index contributed by atoms with van der Waals surface area (Å²) in [6.07, 6.45) is 5.84. The molecule has 0 unspecified atom stereocenters. The molecule has 0 radical (unpaired) electrons. The van der Waals surface area contributed by atoms with Gasteiger partial charge in [-0.15, -0.1) is 0 Å². The lowest BCUT2D eigenvalue weighted by Crippen LogP contribution is -2.33. The fourth-order valence-corrected chi connectivity index (χ4v) is 3.96. The maximum absolute atomic E-state index is 9.45. The number of hydrogen-bond acceptors (Lipinski definition) is 9.